The van der Waals surface area contributed by atoms with Crippen molar-refractivity contribution in [1.82, 2.24) is 9.97 Å². The van der Waals surface area contributed by atoms with E-state index in [-0.39, 0.29) is 0 Å². The predicted molar refractivity (Wildman–Crippen MR) is 55.2 cm³/mol. The lowest BCUT2D eigenvalue weighted by Gasteiger charge is -1.96. The van der Waals surface area contributed by atoms with Crippen LogP contribution < -0.4 is 0 Å². The molecular formula is C9H16N2OS. The third kappa shape index (κ3) is 3.83. The van der Waals surface area contributed by atoms with Crippen molar-refractivity contribution >= 4 is 11.8 Å². The number of hydrogen-bond donors (Lipinski definition) is 1. The number of rotatable bonds is 6. The highest BCUT2D eigenvalue weighted by molar-refractivity contribution is 7.99. The van der Waals surface area contributed by atoms with Crippen LogP contribution in [-0.4, -0.2) is 29.4 Å². The first-order valence-electron chi connectivity index (χ1n) is 4.52. The predicted octanol–water partition coefficient (Wildman–Crippen LogP) is 2.10. The van der Waals surface area contributed by atoms with Gasteiger partial charge >= 0.3 is 0 Å². The van der Waals surface area contributed by atoms with Gasteiger partial charge < -0.3 is 9.72 Å². The van der Waals surface area contributed by atoms with E-state index in [1.54, 1.807) is 18.9 Å². The maximum atomic E-state index is 4.96. The Morgan fingerprint density at radius 3 is 3.08 bits per heavy atom. The van der Waals surface area contributed by atoms with Crippen LogP contribution in [0.15, 0.2) is 11.4 Å². The van der Waals surface area contributed by atoms with Crippen molar-refractivity contribution in [2.45, 2.75) is 24.9 Å². The molecule has 4 heteroatoms. The summed E-state index contributed by atoms with van der Waals surface area (Å²) in [5.74, 6) is 1.06. The molecule has 0 spiro atoms. The zero-order valence-corrected chi connectivity index (χ0v) is 8.99. The molecule has 1 heterocycles. The molecule has 0 radical (unpaired) electrons. The molecule has 0 aliphatic carbocycles. The van der Waals surface area contributed by atoms with Gasteiger partial charge in [0.25, 0.3) is 0 Å². The fourth-order valence-corrected chi connectivity index (χ4v) is 1.75. The molecule has 0 saturated heterocycles. The second kappa shape index (κ2) is 6.05. The number of ether oxygens (including phenoxy) is 1. The zero-order valence-electron chi connectivity index (χ0n) is 8.17. The summed E-state index contributed by atoms with van der Waals surface area (Å²) in [4.78, 5) is 7.50. The molecular weight excluding hydrogens is 184 g/mol. The van der Waals surface area contributed by atoms with Crippen molar-refractivity contribution in [3.8, 4) is 0 Å². The summed E-state index contributed by atoms with van der Waals surface area (Å²) in [5.41, 5.74) is 1.20. The molecule has 13 heavy (non-hydrogen) atoms. The fourth-order valence-electron chi connectivity index (χ4n) is 0.964. The monoisotopic (exact) mass is 200 g/mol. The second-order valence-corrected chi connectivity index (χ2v) is 3.85. The van der Waals surface area contributed by atoms with Crippen LogP contribution in [-0.2, 0) is 11.2 Å². The normalized spacial score (nSPS) is 10.6. The molecule has 1 aromatic rings. The molecule has 74 valence electrons. The molecule has 1 rings (SSSR count). The molecule has 0 amide bonds. The number of imidazole rings is 1. The topological polar surface area (TPSA) is 37.9 Å². The molecule has 0 atom stereocenters. The summed E-state index contributed by atoms with van der Waals surface area (Å²) in [7, 11) is 1.73. The second-order valence-electron chi connectivity index (χ2n) is 2.76. The molecule has 0 bridgehead atoms. The van der Waals surface area contributed by atoms with Crippen LogP contribution in [0, 0.1) is 0 Å². The Balaban J connectivity index is 2.20. The Labute approximate surface area is 83.3 Å². The SMILES string of the molecule is CCc1cnc(SCCCOC)[nH]1. The van der Waals surface area contributed by atoms with Crippen molar-refractivity contribution in [2.24, 2.45) is 0 Å². The summed E-state index contributed by atoms with van der Waals surface area (Å²) >= 11 is 1.75. The Hall–Kier alpha value is -0.480. The molecule has 0 aromatic carbocycles. The van der Waals surface area contributed by atoms with Crippen molar-refractivity contribution in [3.63, 3.8) is 0 Å². The van der Waals surface area contributed by atoms with E-state index in [0.717, 1.165) is 30.4 Å². The number of thioether (sulfide) groups is 1. The number of aryl methyl sites for hydroxylation is 1. The van der Waals surface area contributed by atoms with Crippen molar-refractivity contribution in [2.75, 3.05) is 19.5 Å². The quantitative estimate of drug-likeness (QED) is 0.564. The number of hydrogen-bond acceptors (Lipinski definition) is 3. The number of aromatic nitrogens is 2. The lowest BCUT2D eigenvalue weighted by Crippen LogP contribution is -1.90. The molecule has 0 fully saturated rings. The lowest BCUT2D eigenvalue weighted by atomic mass is 10.4. The third-order valence-corrected chi connectivity index (χ3v) is 2.69. The van der Waals surface area contributed by atoms with Gasteiger partial charge in [0, 0.05) is 31.4 Å². The van der Waals surface area contributed by atoms with Crippen molar-refractivity contribution in [1.29, 1.82) is 0 Å². The van der Waals surface area contributed by atoms with Gasteiger partial charge in [-0.3, -0.25) is 0 Å². The number of nitrogens with zero attached hydrogens (tertiary/aromatic N) is 1. The van der Waals surface area contributed by atoms with Gasteiger partial charge in [-0.1, -0.05) is 18.7 Å². The van der Waals surface area contributed by atoms with E-state index in [4.69, 9.17) is 4.74 Å². The minimum atomic E-state index is 0.828. The van der Waals surface area contributed by atoms with Crippen LogP contribution in [0.3, 0.4) is 0 Å². The fraction of sp³-hybridized carbons (Fsp3) is 0.667. The van der Waals surface area contributed by atoms with E-state index in [1.807, 2.05) is 6.20 Å². The van der Waals surface area contributed by atoms with Gasteiger partial charge in [0.1, 0.15) is 0 Å². The van der Waals surface area contributed by atoms with Crippen LogP contribution >= 0.6 is 11.8 Å². The highest BCUT2D eigenvalue weighted by Gasteiger charge is 1.98. The van der Waals surface area contributed by atoms with Crippen LogP contribution in [0.1, 0.15) is 19.0 Å². The van der Waals surface area contributed by atoms with Gasteiger partial charge in [-0.15, -0.1) is 0 Å². The van der Waals surface area contributed by atoms with Crippen molar-refractivity contribution in [3.05, 3.63) is 11.9 Å². The van der Waals surface area contributed by atoms with Gasteiger partial charge in [-0.05, 0) is 12.8 Å². The molecule has 0 unspecified atom stereocenters. The molecule has 1 aromatic heterocycles. The maximum absolute atomic E-state index is 4.96. The number of methoxy groups -OCH3 is 1. The first kappa shape index (κ1) is 10.6. The summed E-state index contributed by atoms with van der Waals surface area (Å²) in [6, 6.07) is 0. The Morgan fingerprint density at radius 1 is 1.62 bits per heavy atom. The van der Waals surface area contributed by atoms with E-state index in [0.29, 0.717) is 0 Å². The van der Waals surface area contributed by atoms with E-state index in [1.165, 1.54) is 5.69 Å². The van der Waals surface area contributed by atoms with Gasteiger partial charge in [0.2, 0.25) is 0 Å². The number of H-pyrrole nitrogens is 1. The highest BCUT2D eigenvalue weighted by Crippen LogP contribution is 2.14. The average Bonchev–Trinajstić information content (AvgIpc) is 2.60. The van der Waals surface area contributed by atoms with Gasteiger partial charge in [0.15, 0.2) is 5.16 Å². The van der Waals surface area contributed by atoms with E-state index in [9.17, 15) is 0 Å². The minimum Gasteiger partial charge on any atom is -0.385 e. The van der Waals surface area contributed by atoms with E-state index < -0.39 is 0 Å². The summed E-state index contributed by atoms with van der Waals surface area (Å²) in [6.45, 7) is 2.95. The van der Waals surface area contributed by atoms with Crippen LogP contribution in [0.4, 0.5) is 0 Å². The molecule has 0 saturated carbocycles. The largest absolute Gasteiger partial charge is 0.385 e. The molecule has 3 nitrogen and oxygen atoms in total. The highest BCUT2D eigenvalue weighted by atomic mass is 32.2. The summed E-state index contributed by atoms with van der Waals surface area (Å²) in [6.07, 6.45) is 3.99. The van der Waals surface area contributed by atoms with Crippen molar-refractivity contribution < 1.29 is 4.74 Å². The zero-order chi connectivity index (χ0) is 9.52. The van der Waals surface area contributed by atoms with Gasteiger partial charge in [-0.2, -0.15) is 0 Å². The number of aromatic amines is 1. The Morgan fingerprint density at radius 2 is 2.46 bits per heavy atom. The average molecular weight is 200 g/mol. The molecule has 1 N–H and O–H groups in total. The van der Waals surface area contributed by atoms with E-state index in [2.05, 4.69) is 16.9 Å². The summed E-state index contributed by atoms with van der Waals surface area (Å²) < 4.78 is 4.96. The van der Waals surface area contributed by atoms with Crippen LogP contribution in [0.5, 0.6) is 0 Å². The van der Waals surface area contributed by atoms with Crippen LogP contribution in [0.25, 0.3) is 0 Å². The third-order valence-electron chi connectivity index (χ3n) is 1.72. The van der Waals surface area contributed by atoms with Gasteiger partial charge in [-0.25, -0.2) is 4.98 Å². The maximum Gasteiger partial charge on any atom is 0.165 e. The van der Waals surface area contributed by atoms with Crippen LogP contribution in [0.2, 0.25) is 0 Å². The standard InChI is InChI=1S/C9H16N2OS/c1-3-8-7-10-9(11-8)13-6-4-5-12-2/h7H,3-6H2,1-2H3,(H,10,11). The summed E-state index contributed by atoms with van der Waals surface area (Å²) in [5, 5.41) is 1.02. The first-order valence-corrected chi connectivity index (χ1v) is 5.51. The van der Waals surface area contributed by atoms with Gasteiger partial charge in [0.05, 0.1) is 0 Å². The molecule has 0 aliphatic heterocycles. The first-order chi connectivity index (χ1) is 6.36. The van der Waals surface area contributed by atoms with E-state index >= 15 is 0 Å². The molecule has 0 aliphatic rings. The minimum absolute atomic E-state index is 0.828. The Kier molecular flexibility index (Phi) is 4.93. The number of nitrogens with one attached hydrogen (secondary N) is 1. The Bertz CT molecular complexity index is 237. The smallest absolute Gasteiger partial charge is 0.165 e. The lowest BCUT2D eigenvalue weighted by molar-refractivity contribution is 0.200.